The molecule has 1 heterocycles. The largest absolute Gasteiger partial charge is 0.407 e. The smallest absolute Gasteiger partial charge is 0.261 e. The number of alkyl halides is 2. The third-order valence-corrected chi connectivity index (χ3v) is 13.9. The van der Waals surface area contributed by atoms with Gasteiger partial charge in [0.15, 0.2) is 0 Å². The summed E-state index contributed by atoms with van der Waals surface area (Å²) in [6, 6.07) is 31.3. The Morgan fingerprint density at radius 2 is 1.32 bits per heavy atom. The minimum atomic E-state index is -2.65. The highest BCUT2D eigenvalue weighted by Crippen LogP contribution is 2.61. The summed E-state index contributed by atoms with van der Waals surface area (Å²) in [4.78, 5) is 2.23. The maximum absolute atomic E-state index is 14.6. The Bertz CT molecular complexity index is 1170. The molecule has 6 heteroatoms. The van der Waals surface area contributed by atoms with E-state index in [1.165, 1.54) is 10.4 Å². The maximum atomic E-state index is 14.6. The van der Waals surface area contributed by atoms with Gasteiger partial charge in [0.25, 0.3) is 14.2 Å². The van der Waals surface area contributed by atoms with Gasteiger partial charge in [-0.1, -0.05) is 112 Å². The van der Waals surface area contributed by atoms with Gasteiger partial charge in [-0.3, -0.25) is 0 Å². The summed E-state index contributed by atoms with van der Waals surface area (Å²) in [6.07, 6.45) is 1.85. The van der Waals surface area contributed by atoms with E-state index in [2.05, 4.69) is 86.3 Å². The lowest BCUT2D eigenvalue weighted by Gasteiger charge is -2.44. The molecule has 1 aliphatic carbocycles. The molecule has 3 nitrogen and oxygen atoms in total. The maximum Gasteiger partial charge on any atom is 0.261 e. The standard InChI is InChI=1S/C34H43F2NO2Si/c1-32(2,3)40(30-15-9-5-10-16-30,31-17-11-6-12-18-31)39-24-29-19-21-37(22-20-29)26-33(25-34(33,35)36)27-38-23-28-13-7-4-8-14-28/h4-18,29H,19-27H2,1-3H3/t33-/m1/s1. The Morgan fingerprint density at radius 3 is 1.80 bits per heavy atom. The Labute approximate surface area is 239 Å². The van der Waals surface area contributed by atoms with Crippen molar-refractivity contribution in [2.45, 2.75) is 57.6 Å². The van der Waals surface area contributed by atoms with Crippen molar-refractivity contribution in [1.29, 1.82) is 0 Å². The molecule has 3 aromatic rings. The monoisotopic (exact) mass is 563 g/mol. The number of piperidine rings is 1. The molecule has 214 valence electrons. The topological polar surface area (TPSA) is 21.7 Å². The molecule has 0 amide bonds. The van der Waals surface area contributed by atoms with Crippen molar-refractivity contribution in [3.05, 3.63) is 96.6 Å². The molecular weight excluding hydrogens is 520 g/mol. The van der Waals surface area contributed by atoms with Gasteiger partial charge >= 0.3 is 0 Å². The van der Waals surface area contributed by atoms with E-state index >= 15 is 0 Å². The van der Waals surface area contributed by atoms with Gasteiger partial charge in [-0.15, -0.1) is 0 Å². The van der Waals surface area contributed by atoms with E-state index < -0.39 is 19.7 Å². The molecule has 0 aromatic heterocycles. The van der Waals surface area contributed by atoms with E-state index in [0.29, 0.717) is 25.7 Å². The molecular formula is C34H43F2NO2Si. The van der Waals surface area contributed by atoms with Gasteiger partial charge in [0.2, 0.25) is 0 Å². The summed E-state index contributed by atoms with van der Waals surface area (Å²) in [5.41, 5.74) is -0.0386. The second kappa shape index (κ2) is 11.8. The van der Waals surface area contributed by atoms with Crippen molar-refractivity contribution >= 4 is 18.7 Å². The summed E-state index contributed by atoms with van der Waals surface area (Å²) in [6.45, 7) is 10.1. The predicted molar refractivity (Wildman–Crippen MR) is 161 cm³/mol. The first-order chi connectivity index (χ1) is 19.2. The van der Waals surface area contributed by atoms with Crippen molar-refractivity contribution in [3.8, 4) is 0 Å². The highest BCUT2D eigenvalue weighted by atomic mass is 28.4. The van der Waals surface area contributed by atoms with Crippen molar-refractivity contribution < 1.29 is 17.9 Å². The van der Waals surface area contributed by atoms with Crippen molar-refractivity contribution in [1.82, 2.24) is 4.90 Å². The lowest BCUT2D eigenvalue weighted by molar-refractivity contribution is -0.0171. The first kappa shape index (κ1) is 29.1. The molecule has 1 aliphatic heterocycles. The van der Waals surface area contributed by atoms with Crippen LogP contribution >= 0.6 is 0 Å². The number of likely N-dealkylation sites (tertiary alicyclic amines) is 1. The van der Waals surface area contributed by atoms with Crippen LogP contribution in [0.1, 0.15) is 45.6 Å². The fourth-order valence-electron chi connectivity index (χ4n) is 6.44. The molecule has 2 fully saturated rings. The number of hydrogen-bond donors (Lipinski definition) is 0. The van der Waals surface area contributed by atoms with Crippen molar-refractivity contribution in [2.75, 3.05) is 32.8 Å². The zero-order chi connectivity index (χ0) is 28.3. The molecule has 0 spiro atoms. The Balaban J connectivity index is 1.21. The Kier molecular flexibility index (Phi) is 8.62. The average molecular weight is 564 g/mol. The van der Waals surface area contributed by atoms with Crippen molar-refractivity contribution in [2.24, 2.45) is 11.3 Å². The minimum Gasteiger partial charge on any atom is -0.407 e. The van der Waals surface area contributed by atoms with Crippen LogP contribution in [0.2, 0.25) is 5.04 Å². The molecule has 40 heavy (non-hydrogen) atoms. The number of hydrogen-bond acceptors (Lipinski definition) is 3. The number of halogens is 2. The molecule has 0 unspecified atom stereocenters. The molecule has 1 saturated heterocycles. The van der Waals surface area contributed by atoms with Crippen LogP contribution in [-0.4, -0.2) is 52.0 Å². The van der Waals surface area contributed by atoms with E-state index in [4.69, 9.17) is 9.16 Å². The Hall–Kier alpha value is -2.38. The van der Waals surface area contributed by atoms with Crippen LogP contribution in [0.4, 0.5) is 8.78 Å². The highest BCUT2D eigenvalue weighted by molar-refractivity contribution is 6.99. The molecule has 2 aliphatic rings. The van der Waals surface area contributed by atoms with Gasteiger partial charge in [-0.05, 0) is 52.8 Å². The number of nitrogens with zero attached hydrogens (tertiary/aromatic N) is 1. The predicted octanol–water partition coefficient (Wildman–Crippen LogP) is 6.52. The summed E-state index contributed by atoms with van der Waals surface area (Å²) >= 11 is 0. The first-order valence-corrected chi connectivity index (χ1v) is 16.5. The fourth-order valence-corrected chi connectivity index (χ4v) is 11.1. The molecule has 1 saturated carbocycles. The normalized spacial score (nSPS) is 21.8. The van der Waals surface area contributed by atoms with Gasteiger partial charge in [0.1, 0.15) is 0 Å². The first-order valence-electron chi connectivity index (χ1n) is 14.6. The third-order valence-electron chi connectivity index (χ3n) is 8.89. The van der Waals surface area contributed by atoms with Crippen LogP contribution in [0.15, 0.2) is 91.0 Å². The van der Waals surface area contributed by atoms with Crippen LogP contribution in [0, 0.1) is 11.3 Å². The highest BCUT2D eigenvalue weighted by Gasteiger charge is 2.71. The SMILES string of the molecule is CC(C)(C)[Si](OCC1CCN(C[C@@]2(COCc3ccccc3)CC2(F)F)CC1)(c1ccccc1)c1ccccc1. The van der Waals surface area contributed by atoms with Crippen LogP contribution in [-0.2, 0) is 15.8 Å². The average Bonchev–Trinajstić information content (AvgIpc) is 3.49. The van der Waals surface area contributed by atoms with Gasteiger partial charge in [0.05, 0.1) is 18.6 Å². The van der Waals surface area contributed by atoms with Crippen LogP contribution in [0.3, 0.4) is 0 Å². The molecule has 0 radical (unpaired) electrons. The summed E-state index contributed by atoms with van der Waals surface area (Å²) in [7, 11) is -2.57. The van der Waals surface area contributed by atoms with Gasteiger partial charge in [0, 0.05) is 19.6 Å². The van der Waals surface area contributed by atoms with E-state index in [9.17, 15) is 8.78 Å². The van der Waals surface area contributed by atoms with E-state index in [1.807, 2.05) is 30.3 Å². The second-order valence-corrected chi connectivity index (χ2v) is 17.1. The third kappa shape index (κ3) is 6.10. The number of benzene rings is 3. The lowest BCUT2D eigenvalue weighted by Crippen LogP contribution is -2.67. The zero-order valence-electron chi connectivity index (χ0n) is 24.1. The Morgan fingerprint density at radius 1 is 0.825 bits per heavy atom. The number of rotatable bonds is 11. The lowest BCUT2D eigenvalue weighted by atomic mass is 9.96. The fraction of sp³-hybridized carbons (Fsp3) is 0.471. The van der Waals surface area contributed by atoms with Crippen LogP contribution < -0.4 is 10.4 Å². The van der Waals surface area contributed by atoms with Crippen molar-refractivity contribution in [3.63, 3.8) is 0 Å². The minimum absolute atomic E-state index is 0.0555. The zero-order valence-corrected chi connectivity index (χ0v) is 25.1. The summed E-state index contributed by atoms with van der Waals surface area (Å²) in [5, 5.41) is 2.53. The molecule has 0 N–H and O–H groups in total. The molecule has 5 rings (SSSR count). The van der Waals surface area contributed by atoms with Gasteiger partial charge in [-0.2, -0.15) is 0 Å². The van der Waals surface area contributed by atoms with E-state index in [1.54, 1.807) is 0 Å². The summed E-state index contributed by atoms with van der Waals surface area (Å²) in [5.74, 6) is -2.23. The summed E-state index contributed by atoms with van der Waals surface area (Å²) < 4.78 is 42.1. The van der Waals surface area contributed by atoms with Gasteiger partial charge in [-0.25, -0.2) is 8.78 Å². The quantitative estimate of drug-likeness (QED) is 0.248. The molecule has 3 aromatic carbocycles. The van der Waals surface area contributed by atoms with E-state index in [-0.39, 0.29) is 18.1 Å². The van der Waals surface area contributed by atoms with Gasteiger partial charge < -0.3 is 14.1 Å². The molecule has 0 bridgehead atoms. The molecule has 1 atom stereocenters. The van der Waals surface area contributed by atoms with Crippen LogP contribution in [0.5, 0.6) is 0 Å². The van der Waals surface area contributed by atoms with E-state index in [0.717, 1.165) is 31.5 Å². The number of ether oxygens (including phenoxy) is 1. The second-order valence-electron chi connectivity index (χ2n) is 12.8. The van der Waals surface area contributed by atoms with Crippen LogP contribution in [0.25, 0.3) is 0 Å².